The second-order valence-electron chi connectivity index (χ2n) is 11.3. The van der Waals surface area contributed by atoms with Gasteiger partial charge < -0.3 is 5.32 Å². The molecule has 0 spiro atoms. The van der Waals surface area contributed by atoms with Gasteiger partial charge in [0.2, 0.25) is 5.91 Å². The molecule has 3 rings (SSSR count). The molecular formula is C25H41N3O2S. The fourth-order valence-corrected chi connectivity index (χ4v) is 5.78. The van der Waals surface area contributed by atoms with Crippen molar-refractivity contribution >= 4 is 23.3 Å². The highest BCUT2D eigenvalue weighted by molar-refractivity contribution is 7.04. The number of hydrogen-bond acceptors (Lipinski definition) is 3. The summed E-state index contributed by atoms with van der Waals surface area (Å²) in [6.07, 6.45) is 10.1. The molecule has 1 heterocycles. The molecule has 2 aliphatic carbocycles. The molecule has 2 unspecified atom stereocenters. The quantitative estimate of drug-likeness (QED) is 0.652. The van der Waals surface area contributed by atoms with Crippen LogP contribution in [0, 0.1) is 16.7 Å². The molecule has 174 valence electrons. The zero-order chi connectivity index (χ0) is 23.0. The minimum Gasteiger partial charge on any atom is -0.353 e. The fraction of sp³-hybridized carbons (Fsp3) is 0.800. The molecule has 1 aromatic heterocycles. The van der Waals surface area contributed by atoms with E-state index in [0.29, 0.717) is 12.5 Å². The van der Waals surface area contributed by atoms with Crippen LogP contribution in [0.5, 0.6) is 0 Å². The smallest absolute Gasteiger partial charge is 0.253 e. The van der Waals surface area contributed by atoms with Crippen LogP contribution >= 0.6 is 11.5 Å². The van der Waals surface area contributed by atoms with Crippen LogP contribution in [0.3, 0.4) is 0 Å². The van der Waals surface area contributed by atoms with Gasteiger partial charge in [0.15, 0.2) is 0 Å². The highest BCUT2D eigenvalue weighted by Crippen LogP contribution is 2.56. The van der Waals surface area contributed by atoms with Crippen molar-refractivity contribution in [1.82, 2.24) is 9.27 Å². The van der Waals surface area contributed by atoms with Gasteiger partial charge in [0, 0.05) is 29.3 Å². The average molecular weight is 448 g/mol. The van der Waals surface area contributed by atoms with Crippen LogP contribution in [0.2, 0.25) is 0 Å². The Labute approximate surface area is 191 Å². The van der Waals surface area contributed by atoms with Crippen LogP contribution in [0.15, 0.2) is 11.2 Å². The third kappa shape index (κ3) is 4.69. The number of rotatable bonds is 6. The molecule has 5 nitrogen and oxygen atoms in total. The zero-order valence-electron chi connectivity index (χ0n) is 20.5. The van der Waals surface area contributed by atoms with Crippen molar-refractivity contribution in [3.63, 3.8) is 0 Å². The summed E-state index contributed by atoms with van der Waals surface area (Å²) in [4.78, 5) is 31.3. The van der Waals surface area contributed by atoms with E-state index < -0.39 is 10.8 Å². The van der Waals surface area contributed by atoms with Crippen molar-refractivity contribution in [2.24, 2.45) is 21.7 Å². The summed E-state index contributed by atoms with van der Waals surface area (Å²) in [7, 11) is 0. The summed E-state index contributed by atoms with van der Waals surface area (Å²) < 4.78 is 3.05. The van der Waals surface area contributed by atoms with E-state index in [4.69, 9.17) is 4.99 Å². The second kappa shape index (κ2) is 8.84. The summed E-state index contributed by atoms with van der Waals surface area (Å²) in [5, 5.41) is 3.21. The summed E-state index contributed by atoms with van der Waals surface area (Å²) in [6, 6.07) is 0.329. The van der Waals surface area contributed by atoms with Gasteiger partial charge in [-0.25, -0.2) is 4.99 Å². The topological polar surface area (TPSA) is 63.5 Å². The third-order valence-corrected chi connectivity index (χ3v) is 9.24. The Morgan fingerprint density at radius 3 is 2.45 bits per heavy atom. The monoisotopic (exact) mass is 447 g/mol. The normalized spacial score (nSPS) is 26.7. The molecule has 2 amide bonds. The maximum Gasteiger partial charge on any atom is 0.253 e. The second-order valence-corrected chi connectivity index (χ2v) is 12.3. The van der Waals surface area contributed by atoms with Crippen molar-refractivity contribution < 1.29 is 9.59 Å². The van der Waals surface area contributed by atoms with Gasteiger partial charge in [0.1, 0.15) is 4.67 Å². The number of aromatic nitrogens is 1. The minimum atomic E-state index is -0.632. The Kier molecular flexibility index (Phi) is 6.90. The van der Waals surface area contributed by atoms with Gasteiger partial charge in [-0.15, -0.1) is 0 Å². The lowest BCUT2D eigenvalue weighted by Gasteiger charge is -2.39. The van der Waals surface area contributed by atoms with Crippen molar-refractivity contribution in [3.8, 4) is 0 Å². The summed E-state index contributed by atoms with van der Waals surface area (Å²) in [6.45, 7) is 14.9. The number of nitrogens with one attached hydrogen (secondary N) is 1. The first-order chi connectivity index (χ1) is 14.4. The maximum absolute atomic E-state index is 13.6. The van der Waals surface area contributed by atoms with E-state index in [0.717, 1.165) is 48.8 Å². The van der Waals surface area contributed by atoms with Crippen LogP contribution in [0.4, 0.5) is 0 Å². The number of aryl methyl sites for hydroxylation is 1. The predicted molar refractivity (Wildman–Crippen MR) is 127 cm³/mol. The molecule has 2 atom stereocenters. The Morgan fingerprint density at radius 2 is 1.90 bits per heavy atom. The Bertz CT molecular complexity index is 885. The first-order valence-corrected chi connectivity index (χ1v) is 12.8. The number of amides is 2. The Hall–Kier alpha value is -1.43. The lowest BCUT2D eigenvalue weighted by molar-refractivity contribution is -0.136. The van der Waals surface area contributed by atoms with E-state index in [-0.39, 0.29) is 23.3 Å². The van der Waals surface area contributed by atoms with E-state index in [1.807, 2.05) is 6.92 Å². The molecule has 2 aliphatic rings. The van der Waals surface area contributed by atoms with Gasteiger partial charge in [0.25, 0.3) is 5.91 Å². The van der Waals surface area contributed by atoms with Crippen LogP contribution in [-0.2, 0) is 21.5 Å². The van der Waals surface area contributed by atoms with Crippen molar-refractivity contribution in [3.05, 3.63) is 16.4 Å². The van der Waals surface area contributed by atoms with Crippen LogP contribution in [-0.4, -0.2) is 21.8 Å². The largest absolute Gasteiger partial charge is 0.353 e. The molecule has 2 saturated carbocycles. The van der Waals surface area contributed by atoms with Gasteiger partial charge in [0.05, 0.1) is 5.41 Å². The Balaban J connectivity index is 1.88. The van der Waals surface area contributed by atoms with Gasteiger partial charge in [-0.05, 0) is 82.7 Å². The zero-order valence-corrected chi connectivity index (χ0v) is 21.3. The summed E-state index contributed by atoms with van der Waals surface area (Å²) in [5.41, 5.74) is 0.0629. The maximum atomic E-state index is 13.6. The molecule has 0 bridgehead atoms. The highest BCUT2D eigenvalue weighted by atomic mass is 32.1. The molecule has 6 heteroatoms. The van der Waals surface area contributed by atoms with Crippen molar-refractivity contribution in [2.75, 3.05) is 0 Å². The summed E-state index contributed by atoms with van der Waals surface area (Å²) in [5.74, 6) is -0.0895. The van der Waals surface area contributed by atoms with E-state index in [1.54, 1.807) is 11.5 Å². The summed E-state index contributed by atoms with van der Waals surface area (Å²) >= 11 is 1.58. The first kappa shape index (κ1) is 24.2. The van der Waals surface area contributed by atoms with E-state index in [9.17, 15) is 9.59 Å². The predicted octanol–water partition coefficient (Wildman–Crippen LogP) is 5.19. The molecule has 0 saturated heterocycles. The van der Waals surface area contributed by atoms with Crippen LogP contribution < -0.4 is 9.99 Å². The number of hydrogen-bond donors (Lipinski definition) is 1. The van der Waals surface area contributed by atoms with Gasteiger partial charge in [-0.1, -0.05) is 34.1 Å². The molecule has 0 aliphatic heterocycles. The van der Waals surface area contributed by atoms with Gasteiger partial charge >= 0.3 is 0 Å². The molecule has 1 aromatic rings. The number of carbonyl (C=O) groups is 2. The molecular weight excluding hydrogens is 406 g/mol. The highest BCUT2D eigenvalue weighted by Gasteiger charge is 2.58. The SMILES string of the molecule is CCCCc1cn(C(C)(C)C)sc1=NC(=O)C1(C)CCC(C(=O)NC2CCC2)C1(C)C. The Morgan fingerprint density at radius 1 is 1.23 bits per heavy atom. The van der Waals surface area contributed by atoms with Crippen LogP contribution in [0.1, 0.15) is 99.0 Å². The number of carbonyl (C=O) groups excluding carboxylic acids is 2. The molecule has 0 radical (unpaired) electrons. The van der Waals surface area contributed by atoms with Crippen molar-refractivity contribution in [2.45, 2.75) is 111 Å². The number of unbranched alkanes of at least 4 members (excludes halogenated alkanes) is 1. The molecule has 0 aromatic carbocycles. The van der Waals surface area contributed by atoms with E-state index in [1.165, 1.54) is 6.42 Å². The third-order valence-electron chi connectivity index (χ3n) is 7.86. The van der Waals surface area contributed by atoms with E-state index in [2.05, 4.69) is 57.0 Å². The first-order valence-electron chi connectivity index (χ1n) is 12.0. The molecule has 31 heavy (non-hydrogen) atoms. The van der Waals surface area contributed by atoms with Gasteiger partial charge in [-0.2, -0.15) is 0 Å². The lowest BCUT2D eigenvalue weighted by atomic mass is 9.65. The van der Waals surface area contributed by atoms with Gasteiger partial charge in [-0.3, -0.25) is 13.5 Å². The molecule has 1 N–H and O–H groups in total. The van der Waals surface area contributed by atoms with E-state index >= 15 is 0 Å². The van der Waals surface area contributed by atoms with Crippen LogP contribution in [0.25, 0.3) is 0 Å². The van der Waals surface area contributed by atoms with Crippen molar-refractivity contribution in [1.29, 1.82) is 0 Å². The number of nitrogens with zero attached hydrogens (tertiary/aromatic N) is 2. The standard InChI is InChI=1S/C25H41N3O2S/c1-8-9-11-17-16-28(23(2,3)4)31-21(17)27-22(30)25(7)15-14-19(24(25,5)6)20(29)26-18-12-10-13-18/h16,18-19H,8-15H2,1-7H3,(H,26,29). The average Bonchev–Trinajstić information content (AvgIpc) is 3.15. The lowest BCUT2D eigenvalue weighted by Crippen LogP contribution is -2.48. The minimum absolute atomic E-state index is 0.0380. The fourth-order valence-electron chi connectivity index (χ4n) is 4.75. The molecule has 2 fully saturated rings.